The monoisotopic (exact) mass is 408 g/mol. The number of nitrogens with zero attached hydrogens (tertiary/aromatic N) is 2. The van der Waals surface area contributed by atoms with E-state index in [9.17, 15) is 9.59 Å². The number of unbranched alkanes of at least 4 members (excludes halogenated alkanes) is 2. The predicted octanol–water partition coefficient (Wildman–Crippen LogP) is 3.91. The van der Waals surface area contributed by atoms with Gasteiger partial charge >= 0.3 is 0 Å². The van der Waals surface area contributed by atoms with E-state index in [0.717, 1.165) is 66.6 Å². The number of rotatable bonds is 8. The van der Waals surface area contributed by atoms with E-state index in [4.69, 9.17) is 0 Å². The fourth-order valence-electron chi connectivity index (χ4n) is 4.67. The van der Waals surface area contributed by atoms with Gasteiger partial charge in [-0.15, -0.1) is 0 Å². The second-order valence-corrected chi connectivity index (χ2v) is 8.55. The number of nitrogens with one attached hydrogen (secondary N) is 2. The Kier molecular flexibility index (Phi) is 6.95. The highest BCUT2D eigenvalue weighted by molar-refractivity contribution is 5.91. The fourth-order valence-corrected chi connectivity index (χ4v) is 4.67. The molecule has 1 saturated heterocycles. The number of aromatic nitrogens is 2. The van der Waals surface area contributed by atoms with Gasteiger partial charge < -0.3 is 10.2 Å². The van der Waals surface area contributed by atoms with Crippen molar-refractivity contribution in [3.05, 3.63) is 45.7 Å². The van der Waals surface area contributed by atoms with Gasteiger partial charge in [0.1, 0.15) is 0 Å². The number of fused-ring (bicyclic) bond motifs is 1. The molecular weight excluding hydrogens is 376 g/mol. The van der Waals surface area contributed by atoms with Crippen molar-refractivity contribution in [2.45, 2.75) is 64.2 Å². The molecule has 2 N–H and O–H groups in total. The number of amides is 1. The van der Waals surface area contributed by atoms with Crippen LogP contribution in [0.3, 0.4) is 0 Å². The Morgan fingerprint density at radius 1 is 1.03 bits per heavy atom. The molecule has 0 bridgehead atoms. The number of likely N-dealkylation sites (tertiary alicyclic amines) is 1. The number of anilines is 1. The second-order valence-electron chi connectivity index (χ2n) is 8.55. The largest absolute Gasteiger partial charge is 0.326 e. The number of aromatic amines is 1. The van der Waals surface area contributed by atoms with Crippen LogP contribution in [0.15, 0.2) is 29.1 Å². The Morgan fingerprint density at radius 2 is 1.83 bits per heavy atom. The molecular formula is C24H32N4O2. The molecule has 4 rings (SSSR count). The van der Waals surface area contributed by atoms with Gasteiger partial charge in [-0.3, -0.25) is 9.59 Å². The first-order valence-corrected chi connectivity index (χ1v) is 11.4. The smallest absolute Gasteiger partial charge is 0.267 e. The third-order valence-corrected chi connectivity index (χ3v) is 6.29. The third kappa shape index (κ3) is 5.17. The van der Waals surface area contributed by atoms with Gasteiger partial charge in [-0.2, -0.15) is 5.10 Å². The summed E-state index contributed by atoms with van der Waals surface area (Å²) < 4.78 is 0. The average Bonchev–Trinajstić information content (AvgIpc) is 3.28. The molecule has 0 unspecified atom stereocenters. The lowest BCUT2D eigenvalue weighted by Crippen LogP contribution is -2.21. The van der Waals surface area contributed by atoms with E-state index < -0.39 is 0 Å². The highest BCUT2D eigenvalue weighted by Gasteiger charge is 2.19. The zero-order valence-corrected chi connectivity index (χ0v) is 17.7. The van der Waals surface area contributed by atoms with Crippen LogP contribution >= 0.6 is 0 Å². The van der Waals surface area contributed by atoms with Crippen LogP contribution in [0.25, 0.3) is 11.3 Å². The van der Waals surface area contributed by atoms with Crippen molar-refractivity contribution >= 4 is 11.6 Å². The fraction of sp³-hybridized carbons (Fsp3) is 0.542. The highest BCUT2D eigenvalue weighted by atomic mass is 16.1. The summed E-state index contributed by atoms with van der Waals surface area (Å²) >= 11 is 0. The van der Waals surface area contributed by atoms with Crippen molar-refractivity contribution in [2.75, 3.05) is 25.0 Å². The summed E-state index contributed by atoms with van der Waals surface area (Å²) in [5, 5.41) is 10.0. The molecule has 6 heteroatoms. The SMILES string of the molecule is O=C(CCCCCN1CCCC1)Nc1cccc(-c2n[nH]c(=O)c3c2CCCC3)c1. The van der Waals surface area contributed by atoms with Crippen LogP contribution in [0.4, 0.5) is 5.69 Å². The van der Waals surface area contributed by atoms with Gasteiger partial charge in [-0.1, -0.05) is 18.6 Å². The first kappa shape index (κ1) is 20.8. The summed E-state index contributed by atoms with van der Waals surface area (Å²) in [6, 6.07) is 7.79. The molecule has 1 aromatic heterocycles. The Bertz CT molecular complexity index is 931. The van der Waals surface area contributed by atoms with Gasteiger partial charge in [0.25, 0.3) is 5.56 Å². The summed E-state index contributed by atoms with van der Waals surface area (Å²) in [7, 11) is 0. The van der Waals surface area contributed by atoms with Gasteiger partial charge in [0.05, 0.1) is 5.69 Å². The maximum Gasteiger partial charge on any atom is 0.267 e. The molecule has 0 atom stereocenters. The first-order chi connectivity index (χ1) is 14.7. The molecule has 2 aromatic rings. The first-order valence-electron chi connectivity index (χ1n) is 11.4. The van der Waals surface area contributed by atoms with Crippen LogP contribution in [0, 0.1) is 0 Å². The maximum absolute atomic E-state index is 12.4. The number of H-pyrrole nitrogens is 1. The Labute approximate surface area is 178 Å². The molecule has 1 amide bonds. The topological polar surface area (TPSA) is 78.1 Å². The van der Waals surface area contributed by atoms with Crippen molar-refractivity contribution in [1.82, 2.24) is 15.1 Å². The van der Waals surface area contributed by atoms with E-state index in [1.165, 1.54) is 38.9 Å². The third-order valence-electron chi connectivity index (χ3n) is 6.29. The van der Waals surface area contributed by atoms with Crippen LogP contribution in [0.5, 0.6) is 0 Å². The van der Waals surface area contributed by atoms with E-state index in [2.05, 4.69) is 20.4 Å². The Morgan fingerprint density at radius 3 is 2.67 bits per heavy atom. The van der Waals surface area contributed by atoms with E-state index in [1.54, 1.807) is 0 Å². The normalized spacial score (nSPS) is 16.4. The summed E-state index contributed by atoms with van der Waals surface area (Å²) in [4.78, 5) is 27.0. The second kappa shape index (κ2) is 10.0. The Balaban J connectivity index is 1.32. The number of hydrogen-bond acceptors (Lipinski definition) is 4. The van der Waals surface area contributed by atoms with Crippen LogP contribution in [0.1, 0.15) is 62.5 Å². The summed E-state index contributed by atoms with van der Waals surface area (Å²) in [5.41, 5.74) is 4.42. The highest BCUT2D eigenvalue weighted by Crippen LogP contribution is 2.29. The molecule has 0 radical (unpaired) electrons. The average molecular weight is 409 g/mol. The minimum Gasteiger partial charge on any atom is -0.326 e. The number of carbonyl (C=O) groups is 1. The maximum atomic E-state index is 12.4. The van der Waals surface area contributed by atoms with E-state index in [-0.39, 0.29) is 11.5 Å². The molecule has 0 saturated carbocycles. The summed E-state index contributed by atoms with van der Waals surface area (Å²) in [6.07, 6.45) is 10.2. The summed E-state index contributed by atoms with van der Waals surface area (Å²) in [5.74, 6) is 0.0600. The minimum atomic E-state index is -0.0670. The molecule has 1 aliphatic heterocycles. The zero-order valence-electron chi connectivity index (χ0n) is 17.7. The van der Waals surface area contributed by atoms with Gasteiger partial charge in [-0.05, 0) is 88.7 Å². The minimum absolute atomic E-state index is 0.0600. The van der Waals surface area contributed by atoms with Gasteiger partial charge in [-0.25, -0.2) is 5.10 Å². The zero-order chi connectivity index (χ0) is 20.8. The van der Waals surface area contributed by atoms with Crippen molar-refractivity contribution in [3.63, 3.8) is 0 Å². The predicted molar refractivity (Wildman–Crippen MR) is 120 cm³/mol. The van der Waals surface area contributed by atoms with E-state index in [1.807, 2.05) is 24.3 Å². The van der Waals surface area contributed by atoms with Gasteiger partial charge in [0, 0.05) is 23.2 Å². The quantitative estimate of drug-likeness (QED) is 0.649. The molecule has 2 heterocycles. The standard InChI is InChI=1S/C24H32N4O2/c29-22(13-2-1-5-14-28-15-6-7-16-28)25-19-10-8-9-18(17-19)23-20-11-3-4-12-21(20)24(30)27-26-23/h8-10,17H,1-7,11-16H2,(H,25,29)(H,27,30). The lowest BCUT2D eigenvalue weighted by Gasteiger charge is -2.17. The number of benzene rings is 1. The summed E-state index contributed by atoms with van der Waals surface area (Å²) in [6.45, 7) is 3.65. The number of carbonyl (C=O) groups excluding carboxylic acids is 1. The lowest BCUT2D eigenvalue weighted by molar-refractivity contribution is -0.116. The molecule has 160 valence electrons. The molecule has 1 fully saturated rings. The van der Waals surface area contributed by atoms with Crippen molar-refractivity contribution in [1.29, 1.82) is 0 Å². The lowest BCUT2D eigenvalue weighted by atomic mass is 9.90. The van der Waals surface area contributed by atoms with Gasteiger partial charge in [0.2, 0.25) is 5.91 Å². The molecule has 1 aromatic carbocycles. The molecule has 30 heavy (non-hydrogen) atoms. The van der Waals surface area contributed by atoms with Crippen molar-refractivity contribution in [3.8, 4) is 11.3 Å². The van der Waals surface area contributed by atoms with Crippen LogP contribution in [-0.4, -0.2) is 40.6 Å². The van der Waals surface area contributed by atoms with Crippen LogP contribution in [-0.2, 0) is 17.6 Å². The van der Waals surface area contributed by atoms with Crippen molar-refractivity contribution in [2.24, 2.45) is 0 Å². The number of hydrogen-bond donors (Lipinski definition) is 2. The van der Waals surface area contributed by atoms with E-state index in [0.29, 0.717) is 6.42 Å². The molecule has 2 aliphatic rings. The van der Waals surface area contributed by atoms with E-state index >= 15 is 0 Å². The molecule has 1 aliphatic carbocycles. The van der Waals surface area contributed by atoms with Crippen LogP contribution < -0.4 is 10.9 Å². The molecule has 6 nitrogen and oxygen atoms in total. The van der Waals surface area contributed by atoms with Crippen molar-refractivity contribution < 1.29 is 4.79 Å². The molecule has 0 spiro atoms. The Hall–Kier alpha value is -2.47. The van der Waals surface area contributed by atoms with Crippen LogP contribution in [0.2, 0.25) is 0 Å². The van der Waals surface area contributed by atoms with Gasteiger partial charge in [0.15, 0.2) is 0 Å².